The fourth-order valence-electron chi connectivity index (χ4n) is 1.31. The lowest BCUT2D eigenvalue weighted by molar-refractivity contribution is 0.0696. The Hall–Kier alpha value is -1.58. The highest BCUT2D eigenvalue weighted by Crippen LogP contribution is 2.19. The summed E-state index contributed by atoms with van der Waals surface area (Å²) >= 11 is 0. The summed E-state index contributed by atoms with van der Waals surface area (Å²) in [5, 5.41) is 12.2. The highest BCUT2D eigenvalue weighted by Gasteiger charge is 2.16. The van der Waals surface area contributed by atoms with Gasteiger partial charge in [0, 0.05) is 12.7 Å². The van der Waals surface area contributed by atoms with Crippen LogP contribution in [0.5, 0.6) is 0 Å². The largest absolute Gasteiger partial charge is 0.478 e. The number of aromatic nitrogens is 1. The van der Waals surface area contributed by atoms with Gasteiger partial charge in [-0.1, -0.05) is 20.8 Å². The molecule has 4 nitrogen and oxygen atoms in total. The lowest BCUT2D eigenvalue weighted by Crippen LogP contribution is -2.21. The van der Waals surface area contributed by atoms with E-state index in [0.717, 1.165) is 5.56 Å². The zero-order valence-electron chi connectivity index (χ0n) is 10.2. The van der Waals surface area contributed by atoms with Crippen LogP contribution in [-0.2, 0) is 0 Å². The molecule has 0 aromatic carbocycles. The zero-order valence-corrected chi connectivity index (χ0v) is 10.2. The number of hydrogen-bond donors (Lipinski definition) is 2. The van der Waals surface area contributed by atoms with Crippen LogP contribution >= 0.6 is 0 Å². The van der Waals surface area contributed by atoms with Crippen LogP contribution in [0.3, 0.4) is 0 Å². The molecule has 88 valence electrons. The molecule has 0 amide bonds. The molecule has 1 heterocycles. The van der Waals surface area contributed by atoms with Gasteiger partial charge in [-0.25, -0.2) is 9.78 Å². The maximum Gasteiger partial charge on any atom is 0.339 e. The topological polar surface area (TPSA) is 62.2 Å². The van der Waals surface area contributed by atoms with Crippen LogP contribution < -0.4 is 5.32 Å². The second-order valence-corrected chi connectivity index (χ2v) is 5.07. The van der Waals surface area contributed by atoms with E-state index in [1.54, 1.807) is 19.2 Å². The van der Waals surface area contributed by atoms with Gasteiger partial charge in [0.1, 0.15) is 11.4 Å². The van der Waals surface area contributed by atoms with Gasteiger partial charge in [-0.05, 0) is 24.0 Å². The highest BCUT2D eigenvalue weighted by atomic mass is 16.4. The van der Waals surface area contributed by atoms with Crippen molar-refractivity contribution in [1.82, 2.24) is 4.98 Å². The van der Waals surface area contributed by atoms with Crippen LogP contribution in [0.2, 0.25) is 0 Å². The average Bonchev–Trinajstić information content (AvgIpc) is 2.12. The fraction of sp³-hybridized carbons (Fsp3) is 0.500. The van der Waals surface area contributed by atoms with Crippen molar-refractivity contribution in [3.63, 3.8) is 0 Å². The molecule has 0 atom stereocenters. The Balaban J connectivity index is 2.96. The van der Waals surface area contributed by atoms with E-state index in [4.69, 9.17) is 5.11 Å². The first-order valence-corrected chi connectivity index (χ1v) is 5.24. The lowest BCUT2D eigenvalue weighted by Gasteiger charge is -2.20. The van der Waals surface area contributed by atoms with Crippen molar-refractivity contribution < 1.29 is 9.90 Å². The van der Waals surface area contributed by atoms with Crippen molar-refractivity contribution in [1.29, 1.82) is 0 Å². The molecule has 0 aliphatic heterocycles. The van der Waals surface area contributed by atoms with Crippen molar-refractivity contribution in [3.8, 4) is 0 Å². The third-order valence-electron chi connectivity index (χ3n) is 2.16. The summed E-state index contributed by atoms with van der Waals surface area (Å²) in [5.41, 5.74) is 1.06. The third-order valence-corrected chi connectivity index (χ3v) is 2.16. The molecule has 0 fully saturated rings. The second-order valence-electron chi connectivity index (χ2n) is 5.07. The molecule has 0 aliphatic rings. The summed E-state index contributed by atoms with van der Waals surface area (Å²) in [6, 6.07) is 1.70. The number of carboxylic acid groups (broad SMARTS) is 1. The molecular weight excluding hydrogens is 204 g/mol. The number of aromatic carboxylic acids is 1. The normalized spacial score (nSPS) is 11.2. The Bertz CT molecular complexity index is 394. The Morgan fingerprint density at radius 1 is 1.50 bits per heavy atom. The molecular formula is C12H18N2O2. The van der Waals surface area contributed by atoms with Gasteiger partial charge in [-0.3, -0.25) is 0 Å². The van der Waals surface area contributed by atoms with Crippen molar-refractivity contribution in [2.75, 3.05) is 11.9 Å². The van der Waals surface area contributed by atoms with Crippen molar-refractivity contribution in [3.05, 3.63) is 23.4 Å². The second kappa shape index (κ2) is 4.51. The smallest absolute Gasteiger partial charge is 0.339 e. The Morgan fingerprint density at radius 3 is 2.62 bits per heavy atom. The predicted octanol–water partition coefficient (Wildman–Crippen LogP) is 2.55. The summed E-state index contributed by atoms with van der Waals surface area (Å²) in [5.74, 6) is -0.496. The zero-order chi connectivity index (χ0) is 12.3. The van der Waals surface area contributed by atoms with Gasteiger partial charge in [0.05, 0.1) is 0 Å². The molecule has 2 N–H and O–H groups in total. The number of anilines is 1. The van der Waals surface area contributed by atoms with Crippen LogP contribution in [0.15, 0.2) is 12.3 Å². The summed E-state index contributed by atoms with van der Waals surface area (Å²) in [7, 11) is 0. The van der Waals surface area contributed by atoms with Crippen LogP contribution in [0.1, 0.15) is 36.7 Å². The van der Waals surface area contributed by atoms with E-state index in [1.807, 2.05) is 0 Å². The van der Waals surface area contributed by atoms with E-state index in [-0.39, 0.29) is 11.0 Å². The summed E-state index contributed by atoms with van der Waals surface area (Å²) in [6.07, 6.45) is 1.62. The average molecular weight is 222 g/mol. The van der Waals surface area contributed by atoms with E-state index in [1.165, 1.54) is 0 Å². The molecule has 1 rings (SSSR count). The Labute approximate surface area is 95.7 Å². The molecule has 0 saturated carbocycles. The molecule has 1 aromatic rings. The molecule has 1 aromatic heterocycles. The Morgan fingerprint density at radius 2 is 2.12 bits per heavy atom. The SMILES string of the molecule is Cc1ccnc(NCC(C)(C)C)c1C(=O)O. The molecule has 0 spiro atoms. The maximum atomic E-state index is 11.1. The predicted molar refractivity (Wildman–Crippen MR) is 63.9 cm³/mol. The van der Waals surface area contributed by atoms with Gasteiger partial charge >= 0.3 is 5.97 Å². The van der Waals surface area contributed by atoms with Crippen LogP contribution in [-0.4, -0.2) is 22.6 Å². The highest BCUT2D eigenvalue weighted by molar-refractivity contribution is 5.94. The summed E-state index contributed by atoms with van der Waals surface area (Å²) in [6.45, 7) is 8.69. The van der Waals surface area contributed by atoms with Crippen molar-refractivity contribution in [2.24, 2.45) is 5.41 Å². The minimum absolute atomic E-state index is 0.0845. The van der Waals surface area contributed by atoms with Gasteiger partial charge in [0.2, 0.25) is 0 Å². The number of rotatable bonds is 3. The van der Waals surface area contributed by atoms with E-state index in [2.05, 4.69) is 31.1 Å². The fourth-order valence-corrected chi connectivity index (χ4v) is 1.31. The van der Waals surface area contributed by atoms with Crippen LogP contribution in [0.4, 0.5) is 5.82 Å². The Kier molecular flexibility index (Phi) is 3.52. The first kappa shape index (κ1) is 12.5. The molecule has 0 bridgehead atoms. The summed E-state index contributed by atoms with van der Waals surface area (Å²) < 4.78 is 0. The third kappa shape index (κ3) is 3.22. The minimum Gasteiger partial charge on any atom is -0.478 e. The first-order valence-electron chi connectivity index (χ1n) is 5.24. The van der Waals surface area contributed by atoms with Crippen LogP contribution in [0, 0.1) is 12.3 Å². The van der Waals surface area contributed by atoms with Gasteiger partial charge in [0.15, 0.2) is 0 Å². The van der Waals surface area contributed by atoms with E-state index < -0.39 is 5.97 Å². The first-order chi connectivity index (χ1) is 7.31. The molecule has 16 heavy (non-hydrogen) atoms. The number of hydrogen-bond acceptors (Lipinski definition) is 3. The minimum atomic E-state index is -0.943. The number of nitrogens with zero attached hydrogens (tertiary/aromatic N) is 1. The number of carboxylic acids is 1. The number of aryl methyl sites for hydroxylation is 1. The molecule has 0 saturated heterocycles. The van der Waals surface area contributed by atoms with Crippen molar-refractivity contribution in [2.45, 2.75) is 27.7 Å². The van der Waals surface area contributed by atoms with Crippen molar-refractivity contribution >= 4 is 11.8 Å². The molecule has 0 radical (unpaired) electrons. The van der Waals surface area contributed by atoms with E-state index >= 15 is 0 Å². The van der Waals surface area contributed by atoms with Crippen LogP contribution in [0.25, 0.3) is 0 Å². The number of nitrogens with one attached hydrogen (secondary N) is 1. The molecule has 0 unspecified atom stereocenters. The van der Waals surface area contributed by atoms with Gasteiger partial charge in [-0.15, -0.1) is 0 Å². The van der Waals surface area contributed by atoms with E-state index in [9.17, 15) is 4.79 Å². The quantitative estimate of drug-likeness (QED) is 0.825. The maximum absolute atomic E-state index is 11.1. The number of carbonyl (C=O) groups is 1. The molecule has 4 heteroatoms. The molecule has 0 aliphatic carbocycles. The summed E-state index contributed by atoms with van der Waals surface area (Å²) in [4.78, 5) is 15.2. The van der Waals surface area contributed by atoms with Gasteiger partial charge < -0.3 is 10.4 Å². The lowest BCUT2D eigenvalue weighted by atomic mass is 9.97. The van der Waals surface area contributed by atoms with E-state index in [0.29, 0.717) is 12.4 Å². The number of pyridine rings is 1. The van der Waals surface area contributed by atoms with Gasteiger partial charge in [0.25, 0.3) is 0 Å². The van der Waals surface area contributed by atoms with Gasteiger partial charge in [-0.2, -0.15) is 0 Å². The standard InChI is InChI=1S/C12H18N2O2/c1-8-5-6-13-10(9(8)11(15)16)14-7-12(2,3)4/h5-6H,7H2,1-4H3,(H,13,14)(H,15,16). The monoisotopic (exact) mass is 222 g/mol.